The molecule has 168 valence electrons. The summed E-state index contributed by atoms with van der Waals surface area (Å²) in [5.41, 5.74) is 5.12. The molecule has 0 fully saturated rings. The van der Waals surface area contributed by atoms with Crippen LogP contribution < -0.4 is 20.1 Å². The molecule has 3 N–H and O–H groups in total. The number of hydrogen-bond donors (Lipinski definition) is 3. The first-order chi connectivity index (χ1) is 15.4. The summed E-state index contributed by atoms with van der Waals surface area (Å²) in [6.45, 7) is 8.86. The molecule has 2 aromatic heterocycles. The van der Waals surface area contributed by atoms with E-state index in [1.807, 2.05) is 49.4 Å². The molecule has 0 aliphatic carbocycles. The molecule has 3 aromatic rings. The molecular formula is C25H31N5O2. The Balaban J connectivity index is 2.11. The van der Waals surface area contributed by atoms with Crippen LogP contribution >= 0.6 is 0 Å². The SMILES string of the molecule is CCOc1ncccc1-c1cc(NCc2ccccc2OC)c(NC(C)C)c(C(C)=N)n1. The molecule has 2 heterocycles. The number of nitrogens with zero attached hydrogens (tertiary/aromatic N) is 2. The van der Waals surface area contributed by atoms with Gasteiger partial charge in [-0.25, -0.2) is 9.97 Å². The Kier molecular flexibility index (Phi) is 7.65. The Hall–Kier alpha value is -3.61. The number of hydrogen-bond acceptors (Lipinski definition) is 7. The van der Waals surface area contributed by atoms with E-state index in [0.717, 1.165) is 28.3 Å². The van der Waals surface area contributed by atoms with Crippen LogP contribution in [-0.4, -0.2) is 35.4 Å². The summed E-state index contributed by atoms with van der Waals surface area (Å²) < 4.78 is 11.2. The summed E-state index contributed by atoms with van der Waals surface area (Å²) in [6.07, 6.45) is 1.70. The van der Waals surface area contributed by atoms with Gasteiger partial charge in [-0.3, -0.25) is 0 Å². The first-order valence-corrected chi connectivity index (χ1v) is 10.8. The van der Waals surface area contributed by atoms with E-state index in [-0.39, 0.29) is 6.04 Å². The number of methoxy groups -OCH3 is 1. The maximum atomic E-state index is 8.37. The maximum Gasteiger partial charge on any atom is 0.222 e. The lowest BCUT2D eigenvalue weighted by Crippen LogP contribution is -2.17. The van der Waals surface area contributed by atoms with Crippen LogP contribution in [0.3, 0.4) is 0 Å². The second-order valence-electron chi connectivity index (χ2n) is 7.66. The van der Waals surface area contributed by atoms with Crippen molar-refractivity contribution in [3.8, 4) is 22.9 Å². The minimum absolute atomic E-state index is 0.171. The third kappa shape index (κ3) is 5.35. The van der Waals surface area contributed by atoms with Crippen LogP contribution in [0.25, 0.3) is 11.3 Å². The van der Waals surface area contributed by atoms with Gasteiger partial charge in [-0.15, -0.1) is 0 Å². The first-order valence-electron chi connectivity index (χ1n) is 10.8. The lowest BCUT2D eigenvalue weighted by atomic mass is 10.1. The summed E-state index contributed by atoms with van der Waals surface area (Å²) >= 11 is 0. The summed E-state index contributed by atoms with van der Waals surface area (Å²) in [4.78, 5) is 9.18. The number of anilines is 2. The largest absolute Gasteiger partial charge is 0.496 e. The van der Waals surface area contributed by atoms with E-state index in [1.54, 1.807) is 20.2 Å². The van der Waals surface area contributed by atoms with E-state index in [9.17, 15) is 0 Å². The van der Waals surface area contributed by atoms with Crippen LogP contribution in [0.2, 0.25) is 0 Å². The van der Waals surface area contributed by atoms with Crippen molar-refractivity contribution in [2.24, 2.45) is 0 Å². The van der Waals surface area contributed by atoms with E-state index in [4.69, 9.17) is 19.9 Å². The number of nitrogens with one attached hydrogen (secondary N) is 3. The molecule has 3 rings (SSSR count). The molecular weight excluding hydrogens is 402 g/mol. The van der Waals surface area contributed by atoms with Gasteiger partial charge in [0.25, 0.3) is 0 Å². The lowest BCUT2D eigenvalue weighted by molar-refractivity contribution is 0.328. The van der Waals surface area contributed by atoms with Crippen molar-refractivity contribution < 1.29 is 9.47 Å². The van der Waals surface area contributed by atoms with Gasteiger partial charge in [-0.05, 0) is 52.0 Å². The number of para-hydroxylation sites is 1. The number of pyridine rings is 2. The zero-order valence-electron chi connectivity index (χ0n) is 19.3. The third-order valence-corrected chi connectivity index (χ3v) is 4.80. The van der Waals surface area contributed by atoms with Crippen LogP contribution in [0.15, 0.2) is 48.7 Å². The smallest absolute Gasteiger partial charge is 0.222 e. The fourth-order valence-electron chi connectivity index (χ4n) is 3.41. The summed E-state index contributed by atoms with van der Waals surface area (Å²) in [5, 5.41) is 15.4. The molecule has 32 heavy (non-hydrogen) atoms. The average Bonchev–Trinajstić information content (AvgIpc) is 2.78. The zero-order chi connectivity index (χ0) is 23.1. The minimum Gasteiger partial charge on any atom is -0.496 e. The van der Waals surface area contributed by atoms with Crippen molar-refractivity contribution in [1.29, 1.82) is 5.41 Å². The van der Waals surface area contributed by atoms with Gasteiger partial charge in [0, 0.05) is 24.3 Å². The number of ether oxygens (including phenoxy) is 2. The van der Waals surface area contributed by atoms with Gasteiger partial charge in [0.1, 0.15) is 11.4 Å². The molecule has 0 atom stereocenters. The highest BCUT2D eigenvalue weighted by Gasteiger charge is 2.19. The van der Waals surface area contributed by atoms with E-state index in [0.29, 0.717) is 36.1 Å². The highest BCUT2D eigenvalue weighted by Crippen LogP contribution is 2.35. The molecule has 0 bridgehead atoms. The molecule has 0 saturated carbocycles. The monoisotopic (exact) mass is 433 g/mol. The average molecular weight is 434 g/mol. The van der Waals surface area contributed by atoms with Gasteiger partial charge < -0.3 is 25.5 Å². The van der Waals surface area contributed by atoms with E-state index in [1.165, 1.54) is 0 Å². The molecule has 0 aliphatic heterocycles. The Morgan fingerprint density at radius 1 is 1.16 bits per heavy atom. The Labute approximate surface area is 189 Å². The van der Waals surface area contributed by atoms with Crippen molar-refractivity contribution in [1.82, 2.24) is 9.97 Å². The molecule has 1 aromatic carbocycles. The molecule has 0 aliphatic rings. The highest BCUT2D eigenvalue weighted by molar-refractivity contribution is 6.03. The lowest BCUT2D eigenvalue weighted by Gasteiger charge is -2.21. The molecule has 0 spiro atoms. The van der Waals surface area contributed by atoms with Crippen LogP contribution in [-0.2, 0) is 6.54 Å². The molecule has 7 heteroatoms. The van der Waals surface area contributed by atoms with Crippen molar-refractivity contribution in [2.45, 2.75) is 40.3 Å². The minimum atomic E-state index is 0.171. The highest BCUT2D eigenvalue weighted by atomic mass is 16.5. The Bertz CT molecular complexity index is 1080. The van der Waals surface area contributed by atoms with Gasteiger partial charge in [-0.2, -0.15) is 0 Å². The normalized spacial score (nSPS) is 10.7. The number of benzene rings is 1. The predicted molar refractivity (Wildman–Crippen MR) is 130 cm³/mol. The molecule has 0 amide bonds. The molecule has 0 saturated heterocycles. The second kappa shape index (κ2) is 10.6. The van der Waals surface area contributed by atoms with Crippen LogP contribution in [0.1, 0.15) is 39.0 Å². The fourth-order valence-corrected chi connectivity index (χ4v) is 3.41. The van der Waals surface area contributed by atoms with E-state index < -0.39 is 0 Å². The predicted octanol–water partition coefficient (Wildman–Crippen LogP) is 5.37. The van der Waals surface area contributed by atoms with Gasteiger partial charge in [0.2, 0.25) is 5.88 Å². The fraction of sp³-hybridized carbons (Fsp3) is 0.320. The van der Waals surface area contributed by atoms with E-state index >= 15 is 0 Å². The summed E-state index contributed by atoms with van der Waals surface area (Å²) in [6, 6.07) is 13.9. The molecule has 0 unspecified atom stereocenters. The van der Waals surface area contributed by atoms with Crippen molar-refractivity contribution in [3.63, 3.8) is 0 Å². The van der Waals surface area contributed by atoms with Gasteiger partial charge in [0.15, 0.2) is 0 Å². The Morgan fingerprint density at radius 3 is 2.62 bits per heavy atom. The van der Waals surface area contributed by atoms with Crippen molar-refractivity contribution in [2.75, 3.05) is 24.4 Å². The second-order valence-corrected chi connectivity index (χ2v) is 7.66. The van der Waals surface area contributed by atoms with Crippen LogP contribution in [0, 0.1) is 5.41 Å². The number of aromatic nitrogens is 2. The quantitative estimate of drug-likeness (QED) is 0.372. The summed E-state index contributed by atoms with van der Waals surface area (Å²) in [7, 11) is 1.67. The van der Waals surface area contributed by atoms with Gasteiger partial charge in [0.05, 0.1) is 42.1 Å². The van der Waals surface area contributed by atoms with Crippen LogP contribution in [0.5, 0.6) is 11.6 Å². The Morgan fingerprint density at radius 2 is 1.94 bits per heavy atom. The summed E-state index contributed by atoms with van der Waals surface area (Å²) in [5.74, 6) is 1.35. The van der Waals surface area contributed by atoms with Crippen molar-refractivity contribution in [3.05, 3.63) is 59.9 Å². The van der Waals surface area contributed by atoms with Crippen LogP contribution in [0.4, 0.5) is 11.4 Å². The third-order valence-electron chi connectivity index (χ3n) is 4.80. The molecule has 7 nitrogen and oxygen atoms in total. The maximum absolute atomic E-state index is 8.37. The molecule has 0 radical (unpaired) electrons. The van der Waals surface area contributed by atoms with Gasteiger partial charge >= 0.3 is 0 Å². The van der Waals surface area contributed by atoms with Gasteiger partial charge in [-0.1, -0.05) is 18.2 Å². The number of rotatable bonds is 10. The standard InChI is InChI=1S/C25H31N5O2/c1-6-32-25-19(11-9-13-27-25)20-14-21(24(29-16(2)3)23(30-20)17(4)26)28-15-18-10-7-8-12-22(18)31-5/h7-14,16,26,29H,6,15H2,1-5H3,(H,28,30). The topological polar surface area (TPSA) is 92.1 Å². The first kappa shape index (κ1) is 23.1. The van der Waals surface area contributed by atoms with Crippen molar-refractivity contribution >= 4 is 17.1 Å². The van der Waals surface area contributed by atoms with E-state index in [2.05, 4.69) is 29.5 Å². The zero-order valence-corrected chi connectivity index (χ0v) is 19.3.